The van der Waals surface area contributed by atoms with E-state index in [1.54, 1.807) is 31.2 Å². The number of rotatable bonds is 9. The monoisotopic (exact) mass is 549 g/mol. The Morgan fingerprint density at radius 1 is 1.12 bits per heavy atom. The maximum absolute atomic E-state index is 13.5. The second-order valence-corrected chi connectivity index (χ2v) is 11.7. The molecule has 0 heterocycles. The van der Waals surface area contributed by atoms with Gasteiger partial charge in [-0.05, 0) is 56.5 Å². The topological polar surface area (TPSA) is 86.8 Å². The van der Waals surface area contributed by atoms with Gasteiger partial charge in [0.1, 0.15) is 12.6 Å². The Balaban J connectivity index is 1.87. The second kappa shape index (κ2) is 11.4. The van der Waals surface area contributed by atoms with Crippen LogP contribution in [0.2, 0.25) is 0 Å². The van der Waals surface area contributed by atoms with E-state index in [0.29, 0.717) is 5.69 Å². The molecule has 1 fully saturated rings. The normalized spacial score (nSPS) is 15.1. The van der Waals surface area contributed by atoms with E-state index >= 15 is 0 Å². The summed E-state index contributed by atoms with van der Waals surface area (Å²) in [6, 6.07) is 13.8. The molecular weight excluding hydrogens is 518 g/mol. The molecule has 9 heteroatoms. The van der Waals surface area contributed by atoms with E-state index in [2.05, 4.69) is 21.2 Å². The van der Waals surface area contributed by atoms with Crippen molar-refractivity contribution in [3.63, 3.8) is 0 Å². The number of halogens is 1. The van der Waals surface area contributed by atoms with Gasteiger partial charge in [0.2, 0.25) is 21.8 Å². The number of anilines is 1. The molecule has 0 saturated heterocycles. The van der Waals surface area contributed by atoms with Crippen molar-refractivity contribution in [3.8, 4) is 0 Å². The standard InChI is InChI=1S/C25H32BrN3O4S/c1-18-11-13-23(14-12-18)29(34(3,32)33)17-24(30)28(16-20-7-6-8-21(26)15-20)19(2)25(31)27-22-9-4-5-10-22/h6-8,11-15,19,22H,4-5,9-10,16-17H2,1-3H3,(H,27,31)/t19-/m1/s1. The fraction of sp³-hybridized carbons (Fsp3) is 0.440. The molecule has 184 valence electrons. The average molecular weight is 551 g/mol. The van der Waals surface area contributed by atoms with Crippen LogP contribution in [-0.4, -0.2) is 50.0 Å². The Kier molecular flexibility index (Phi) is 8.76. The maximum atomic E-state index is 13.5. The molecule has 1 saturated carbocycles. The van der Waals surface area contributed by atoms with Gasteiger partial charge < -0.3 is 10.2 Å². The van der Waals surface area contributed by atoms with Crippen molar-refractivity contribution in [2.45, 2.75) is 58.2 Å². The molecule has 34 heavy (non-hydrogen) atoms. The molecular formula is C25H32BrN3O4S. The third-order valence-electron chi connectivity index (χ3n) is 6.11. The van der Waals surface area contributed by atoms with Gasteiger partial charge in [0.15, 0.2) is 0 Å². The van der Waals surface area contributed by atoms with Crippen LogP contribution in [0.1, 0.15) is 43.7 Å². The molecule has 7 nitrogen and oxygen atoms in total. The number of aryl methyl sites for hydroxylation is 1. The number of nitrogens with zero attached hydrogens (tertiary/aromatic N) is 2. The van der Waals surface area contributed by atoms with Crippen LogP contribution in [-0.2, 0) is 26.2 Å². The SMILES string of the molecule is Cc1ccc(N(CC(=O)N(Cc2cccc(Br)c2)[C@H](C)C(=O)NC2CCCC2)S(C)(=O)=O)cc1. The van der Waals surface area contributed by atoms with Crippen LogP contribution in [0, 0.1) is 6.92 Å². The first-order valence-corrected chi connectivity index (χ1v) is 14.1. The van der Waals surface area contributed by atoms with Crippen LogP contribution in [0.25, 0.3) is 0 Å². The van der Waals surface area contributed by atoms with Crippen molar-refractivity contribution in [2.75, 3.05) is 17.1 Å². The number of sulfonamides is 1. The lowest BCUT2D eigenvalue weighted by Crippen LogP contribution is -2.52. The van der Waals surface area contributed by atoms with E-state index in [4.69, 9.17) is 0 Å². The molecule has 0 radical (unpaired) electrons. The van der Waals surface area contributed by atoms with Crippen LogP contribution < -0.4 is 9.62 Å². The third kappa shape index (κ3) is 7.06. The molecule has 0 aliphatic heterocycles. The Morgan fingerprint density at radius 3 is 2.35 bits per heavy atom. The minimum atomic E-state index is -3.73. The summed E-state index contributed by atoms with van der Waals surface area (Å²) in [5.41, 5.74) is 2.23. The molecule has 0 aromatic heterocycles. The Bertz CT molecular complexity index is 1120. The number of nitrogens with one attached hydrogen (secondary N) is 1. The lowest BCUT2D eigenvalue weighted by Gasteiger charge is -2.32. The average Bonchev–Trinajstić information content (AvgIpc) is 3.28. The fourth-order valence-electron chi connectivity index (χ4n) is 4.13. The van der Waals surface area contributed by atoms with Gasteiger partial charge in [0.25, 0.3) is 0 Å². The first-order chi connectivity index (χ1) is 16.0. The summed E-state index contributed by atoms with van der Waals surface area (Å²) in [6.07, 6.45) is 5.12. The van der Waals surface area contributed by atoms with Crippen LogP contribution in [0.5, 0.6) is 0 Å². The third-order valence-corrected chi connectivity index (χ3v) is 7.75. The number of carbonyl (C=O) groups excluding carboxylic acids is 2. The zero-order chi connectivity index (χ0) is 24.9. The zero-order valence-electron chi connectivity index (χ0n) is 19.8. The Morgan fingerprint density at radius 2 is 1.76 bits per heavy atom. The number of amides is 2. The van der Waals surface area contributed by atoms with E-state index in [9.17, 15) is 18.0 Å². The van der Waals surface area contributed by atoms with Gasteiger partial charge in [0.05, 0.1) is 11.9 Å². The van der Waals surface area contributed by atoms with Crippen molar-refractivity contribution in [2.24, 2.45) is 0 Å². The van der Waals surface area contributed by atoms with Gasteiger partial charge in [0, 0.05) is 17.1 Å². The van der Waals surface area contributed by atoms with Gasteiger partial charge >= 0.3 is 0 Å². The van der Waals surface area contributed by atoms with Crippen LogP contribution in [0.15, 0.2) is 53.0 Å². The van der Waals surface area contributed by atoms with E-state index in [0.717, 1.165) is 51.8 Å². The number of hydrogen-bond donors (Lipinski definition) is 1. The predicted octanol–water partition coefficient (Wildman–Crippen LogP) is 4.00. The molecule has 1 aliphatic carbocycles. The smallest absolute Gasteiger partial charge is 0.244 e. The van der Waals surface area contributed by atoms with Crippen LogP contribution in [0.3, 0.4) is 0 Å². The highest BCUT2D eigenvalue weighted by molar-refractivity contribution is 9.10. The second-order valence-electron chi connectivity index (χ2n) is 8.92. The molecule has 0 unspecified atom stereocenters. The van der Waals surface area contributed by atoms with E-state index in [-0.39, 0.29) is 18.5 Å². The highest BCUT2D eigenvalue weighted by Gasteiger charge is 2.31. The molecule has 1 atom stereocenters. The lowest BCUT2D eigenvalue weighted by atomic mass is 10.1. The van der Waals surface area contributed by atoms with Crippen molar-refractivity contribution in [1.82, 2.24) is 10.2 Å². The van der Waals surface area contributed by atoms with Gasteiger partial charge in [-0.1, -0.05) is 58.6 Å². The molecule has 0 spiro atoms. The minimum Gasteiger partial charge on any atom is -0.352 e. The zero-order valence-corrected chi connectivity index (χ0v) is 22.2. The van der Waals surface area contributed by atoms with Crippen molar-refractivity contribution >= 4 is 43.5 Å². The fourth-order valence-corrected chi connectivity index (χ4v) is 5.43. The number of benzene rings is 2. The molecule has 1 N–H and O–H groups in total. The quantitative estimate of drug-likeness (QED) is 0.512. The molecule has 1 aliphatic rings. The number of carbonyl (C=O) groups is 2. The summed E-state index contributed by atoms with van der Waals surface area (Å²) < 4.78 is 27.1. The maximum Gasteiger partial charge on any atom is 0.244 e. The van der Waals surface area contributed by atoms with Crippen molar-refractivity contribution < 1.29 is 18.0 Å². The summed E-state index contributed by atoms with van der Waals surface area (Å²) in [5.74, 6) is -0.670. The molecule has 2 aromatic carbocycles. The molecule has 2 aromatic rings. The first-order valence-electron chi connectivity index (χ1n) is 11.4. The predicted molar refractivity (Wildman–Crippen MR) is 138 cm³/mol. The highest BCUT2D eigenvalue weighted by Crippen LogP contribution is 2.21. The minimum absolute atomic E-state index is 0.123. The summed E-state index contributed by atoms with van der Waals surface area (Å²) in [6.45, 7) is 3.39. The van der Waals surface area contributed by atoms with Gasteiger partial charge in [-0.25, -0.2) is 8.42 Å². The highest BCUT2D eigenvalue weighted by atomic mass is 79.9. The van der Waals surface area contributed by atoms with Crippen LogP contribution >= 0.6 is 15.9 Å². The van der Waals surface area contributed by atoms with E-state index in [1.165, 1.54) is 4.90 Å². The lowest BCUT2D eigenvalue weighted by molar-refractivity contribution is -0.139. The van der Waals surface area contributed by atoms with Crippen LogP contribution in [0.4, 0.5) is 5.69 Å². The Hall–Kier alpha value is -2.39. The molecule has 3 rings (SSSR count). The summed E-state index contributed by atoms with van der Waals surface area (Å²) in [5, 5.41) is 3.06. The summed E-state index contributed by atoms with van der Waals surface area (Å²) in [4.78, 5) is 28.0. The summed E-state index contributed by atoms with van der Waals surface area (Å²) >= 11 is 3.45. The van der Waals surface area contributed by atoms with Gasteiger partial charge in [-0.15, -0.1) is 0 Å². The van der Waals surface area contributed by atoms with Gasteiger partial charge in [-0.2, -0.15) is 0 Å². The van der Waals surface area contributed by atoms with E-state index < -0.39 is 28.5 Å². The molecule has 2 amide bonds. The van der Waals surface area contributed by atoms with Gasteiger partial charge in [-0.3, -0.25) is 13.9 Å². The first kappa shape index (κ1) is 26.2. The largest absolute Gasteiger partial charge is 0.352 e. The Labute approximate surface area is 210 Å². The van der Waals surface area contributed by atoms with Crippen molar-refractivity contribution in [1.29, 1.82) is 0 Å². The molecule has 0 bridgehead atoms. The van der Waals surface area contributed by atoms with Crippen molar-refractivity contribution in [3.05, 3.63) is 64.1 Å². The number of hydrogen-bond acceptors (Lipinski definition) is 4. The van der Waals surface area contributed by atoms with E-state index in [1.807, 2.05) is 31.2 Å². The summed E-state index contributed by atoms with van der Waals surface area (Å²) in [7, 11) is -3.73.